The van der Waals surface area contributed by atoms with Crippen molar-refractivity contribution in [2.45, 2.75) is 37.5 Å². The molecular weight excluding hydrogens is 311 g/mol. The molecule has 2 heterocycles. The van der Waals surface area contributed by atoms with Crippen LogP contribution in [0.2, 0.25) is 0 Å². The quantitative estimate of drug-likeness (QED) is 0.831. The van der Waals surface area contributed by atoms with Crippen LogP contribution in [0.3, 0.4) is 0 Å². The zero-order valence-corrected chi connectivity index (χ0v) is 12.6. The molecule has 0 aromatic carbocycles. The Bertz CT molecular complexity index is 514. The number of urea groups is 1. The summed E-state index contributed by atoms with van der Waals surface area (Å²) < 4.78 is 38.1. The number of amides is 2. The predicted molar refractivity (Wildman–Crippen MR) is 77.8 cm³/mol. The number of hydrogen-bond donors (Lipinski definition) is 2. The SMILES string of the molecule is O=C(NCCCc1ccccn1)N1CCC(O)(C(F)(F)F)CC1. The van der Waals surface area contributed by atoms with Gasteiger partial charge in [-0.2, -0.15) is 13.2 Å². The maximum Gasteiger partial charge on any atom is 0.417 e. The van der Waals surface area contributed by atoms with Crippen LogP contribution in [0.5, 0.6) is 0 Å². The molecule has 1 aliphatic heterocycles. The van der Waals surface area contributed by atoms with E-state index < -0.39 is 30.7 Å². The Morgan fingerprint density at radius 2 is 2.04 bits per heavy atom. The standard InChI is InChI=1S/C15H20F3N3O2/c16-15(17,18)14(23)6-10-21(11-7-14)13(22)20-9-3-5-12-4-1-2-8-19-12/h1-2,4,8,23H,3,5-7,9-11H2,(H,20,22). The van der Waals surface area contributed by atoms with Gasteiger partial charge in [0.05, 0.1) is 0 Å². The first kappa shape index (κ1) is 17.5. The Morgan fingerprint density at radius 1 is 1.35 bits per heavy atom. The van der Waals surface area contributed by atoms with Crippen molar-refractivity contribution in [1.82, 2.24) is 15.2 Å². The normalized spacial score (nSPS) is 17.8. The smallest absolute Gasteiger partial charge is 0.380 e. The van der Waals surface area contributed by atoms with Crippen molar-refractivity contribution >= 4 is 6.03 Å². The molecule has 1 aromatic heterocycles. The molecular formula is C15H20F3N3O2. The minimum absolute atomic E-state index is 0.109. The summed E-state index contributed by atoms with van der Waals surface area (Å²) in [6, 6.07) is 5.21. The van der Waals surface area contributed by atoms with E-state index in [0.717, 1.165) is 12.1 Å². The molecule has 8 heteroatoms. The zero-order chi connectivity index (χ0) is 16.9. The Hall–Kier alpha value is -1.83. The molecule has 23 heavy (non-hydrogen) atoms. The van der Waals surface area contributed by atoms with Crippen LogP contribution in [-0.4, -0.2) is 52.4 Å². The third kappa shape index (κ3) is 4.57. The van der Waals surface area contributed by atoms with E-state index in [-0.39, 0.29) is 13.1 Å². The molecule has 0 aliphatic carbocycles. The fourth-order valence-electron chi connectivity index (χ4n) is 2.49. The van der Waals surface area contributed by atoms with Gasteiger partial charge in [-0.25, -0.2) is 4.79 Å². The van der Waals surface area contributed by atoms with E-state index in [1.54, 1.807) is 6.20 Å². The number of carbonyl (C=O) groups is 1. The number of carbonyl (C=O) groups excluding carboxylic acids is 1. The van der Waals surface area contributed by atoms with Crippen LogP contribution >= 0.6 is 0 Å². The third-order valence-corrected chi connectivity index (χ3v) is 4.02. The number of hydrogen-bond acceptors (Lipinski definition) is 3. The van der Waals surface area contributed by atoms with Gasteiger partial charge in [-0.3, -0.25) is 4.98 Å². The van der Waals surface area contributed by atoms with Gasteiger partial charge in [-0.05, 0) is 25.0 Å². The monoisotopic (exact) mass is 331 g/mol. The Morgan fingerprint density at radius 3 is 2.61 bits per heavy atom. The Kier molecular flexibility index (Phi) is 5.46. The number of pyridine rings is 1. The lowest BCUT2D eigenvalue weighted by Crippen LogP contribution is -2.55. The number of likely N-dealkylation sites (tertiary alicyclic amines) is 1. The number of piperidine rings is 1. The lowest BCUT2D eigenvalue weighted by molar-refractivity contribution is -0.271. The number of aryl methyl sites for hydroxylation is 1. The van der Waals surface area contributed by atoms with Crippen LogP contribution in [0.1, 0.15) is 25.0 Å². The highest BCUT2D eigenvalue weighted by Gasteiger charge is 2.54. The highest BCUT2D eigenvalue weighted by Crippen LogP contribution is 2.38. The summed E-state index contributed by atoms with van der Waals surface area (Å²) in [5, 5.41) is 12.2. The molecule has 0 atom stereocenters. The summed E-state index contributed by atoms with van der Waals surface area (Å²) in [5.41, 5.74) is -1.75. The second-order valence-electron chi connectivity index (χ2n) is 5.67. The second-order valence-corrected chi connectivity index (χ2v) is 5.67. The van der Waals surface area contributed by atoms with Crippen molar-refractivity contribution < 1.29 is 23.1 Å². The van der Waals surface area contributed by atoms with Gasteiger partial charge in [-0.1, -0.05) is 6.07 Å². The van der Waals surface area contributed by atoms with Crippen molar-refractivity contribution in [3.63, 3.8) is 0 Å². The average Bonchev–Trinajstić information content (AvgIpc) is 2.52. The average molecular weight is 331 g/mol. The van der Waals surface area contributed by atoms with E-state index in [9.17, 15) is 23.1 Å². The first-order valence-corrected chi connectivity index (χ1v) is 7.54. The van der Waals surface area contributed by atoms with Gasteiger partial charge in [0.2, 0.25) is 0 Å². The van der Waals surface area contributed by atoms with E-state index in [0.29, 0.717) is 13.0 Å². The first-order chi connectivity index (χ1) is 10.8. The van der Waals surface area contributed by atoms with Crippen LogP contribution in [0, 0.1) is 0 Å². The molecule has 1 saturated heterocycles. The summed E-state index contributed by atoms with van der Waals surface area (Å²) in [5.74, 6) is 0. The van der Waals surface area contributed by atoms with Crippen molar-refractivity contribution in [2.24, 2.45) is 0 Å². The highest BCUT2D eigenvalue weighted by molar-refractivity contribution is 5.74. The minimum Gasteiger partial charge on any atom is -0.380 e. The van der Waals surface area contributed by atoms with E-state index in [4.69, 9.17) is 0 Å². The van der Waals surface area contributed by atoms with Crippen LogP contribution < -0.4 is 5.32 Å². The molecule has 2 amide bonds. The fraction of sp³-hybridized carbons (Fsp3) is 0.600. The number of aliphatic hydroxyl groups is 1. The number of rotatable bonds is 4. The molecule has 0 bridgehead atoms. The van der Waals surface area contributed by atoms with Gasteiger partial charge in [0.15, 0.2) is 5.60 Å². The zero-order valence-electron chi connectivity index (χ0n) is 12.6. The van der Waals surface area contributed by atoms with E-state index in [1.807, 2.05) is 18.2 Å². The summed E-state index contributed by atoms with van der Waals surface area (Å²) in [7, 11) is 0. The Labute approximate surface area is 132 Å². The van der Waals surface area contributed by atoms with Crippen LogP contribution in [0.25, 0.3) is 0 Å². The lowest BCUT2D eigenvalue weighted by atomic mass is 9.91. The molecule has 0 radical (unpaired) electrons. The number of halogens is 3. The maximum atomic E-state index is 12.7. The van der Waals surface area contributed by atoms with E-state index in [1.165, 1.54) is 4.90 Å². The highest BCUT2D eigenvalue weighted by atomic mass is 19.4. The summed E-state index contributed by atoms with van der Waals surface area (Å²) >= 11 is 0. The first-order valence-electron chi connectivity index (χ1n) is 7.54. The van der Waals surface area contributed by atoms with Crippen molar-refractivity contribution in [3.8, 4) is 0 Å². The molecule has 0 saturated carbocycles. The fourth-order valence-corrected chi connectivity index (χ4v) is 2.49. The number of aromatic nitrogens is 1. The van der Waals surface area contributed by atoms with Crippen LogP contribution in [-0.2, 0) is 6.42 Å². The Balaban J connectivity index is 1.69. The van der Waals surface area contributed by atoms with Crippen molar-refractivity contribution in [3.05, 3.63) is 30.1 Å². The molecule has 128 valence electrons. The summed E-state index contributed by atoms with van der Waals surface area (Å²) in [6.45, 7) is 0.208. The third-order valence-electron chi connectivity index (χ3n) is 4.02. The molecule has 1 aromatic rings. The van der Waals surface area contributed by atoms with Crippen molar-refractivity contribution in [1.29, 1.82) is 0 Å². The molecule has 5 nitrogen and oxygen atoms in total. The summed E-state index contributed by atoms with van der Waals surface area (Å²) in [6.07, 6.45) is -2.52. The van der Waals surface area contributed by atoms with Gasteiger partial charge in [-0.15, -0.1) is 0 Å². The molecule has 1 fully saturated rings. The minimum atomic E-state index is -4.65. The van der Waals surface area contributed by atoms with Crippen LogP contribution in [0.4, 0.5) is 18.0 Å². The number of nitrogens with zero attached hydrogens (tertiary/aromatic N) is 2. The summed E-state index contributed by atoms with van der Waals surface area (Å²) in [4.78, 5) is 17.4. The molecule has 2 N–H and O–H groups in total. The van der Waals surface area contributed by atoms with Gasteiger partial charge in [0.1, 0.15) is 0 Å². The lowest BCUT2D eigenvalue weighted by Gasteiger charge is -2.39. The molecule has 2 rings (SSSR count). The van der Waals surface area contributed by atoms with E-state index in [2.05, 4.69) is 10.3 Å². The number of nitrogens with one attached hydrogen (secondary N) is 1. The largest absolute Gasteiger partial charge is 0.417 e. The predicted octanol–water partition coefficient (Wildman–Crippen LogP) is 2.11. The molecule has 0 unspecified atom stereocenters. The molecule has 1 aliphatic rings. The van der Waals surface area contributed by atoms with Gasteiger partial charge < -0.3 is 15.3 Å². The number of alkyl halides is 3. The van der Waals surface area contributed by atoms with Gasteiger partial charge in [0.25, 0.3) is 0 Å². The van der Waals surface area contributed by atoms with Crippen LogP contribution in [0.15, 0.2) is 24.4 Å². The molecule has 0 spiro atoms. The van der Waals surface area contributed by atoms with E-state index >= 15 is 0 Å². The van der Waals surface area contributed by atoms with Gasteiger partial charge in [0, 0.05) is 44.4 Å². The van der Waals surface area contributed by atoms with Gasteiger partial charge >= 0.3 is 12.2 Å². The van der Waals surface area contributed by atoms with Crippen molar-refractivity contribution in [2.75, 3.05) is 19.6 Å². The topological polar surface area (TPSA) is 65.5 Å². The maximum absolute atomic E-state index is 12.7. The second kappa shape index (κ2) is 7.16.